The molecule has 0 aliphatic carbocycles. The normalized spacial score (nSPS) is 14.2. The molecule has 0 aliphatic heterocycles. The first-order chi connectivity index (χ1) is 8.14. The van der Waals surface area contributed by atoms with Gasteiger partial charge in [0.1, 0.15) is 0 Å². The zero-order chi connectivity index (χ0) is 12.7. The highest BCUT2D eigenvalue weighted by Gasteiger charge is 2.36. The zero-order valence-corrected chi connectivity index (χ0v) is 10.6. The molecule has 94 valence electrons. The highest BCUT2D eigenvalue weighted by atomic mass is 16.4. The first kappa shape index (κ1) is 13.7. The predicted molar refractivity (Wildman–Crippen MR) is 67.8 cm³/mol. The van der Waals surface area contributed by atoms with Crippen molar-refractivity contribution in [1.29, 1.82) is 0 Å². The molecule has 1 atom stereocenters. The second kappa shape index (κ2) is 6.38. The SMILES string of the molecule is CCCCC(CC)(Cc1cccnc1)C(=O)O. The number of aliphatic carboxylic acids is 1. The van der Waals surface area contributed by atoms with Gasteiger partial charge in [0.25, 0.3) is 0 Å². The highest BCUT2D eigenvalue weighted by Crippen LogP contribution is 2.33. The molecule has 1 rings (SSSR count). The molecule has 1 N–H and O–H groups in total. The van der Waals surface area contributed by atoms with Crippen molar-refractivity contribution in [1.82, 2.24) is 4.98 Å². The average molecular weight is 235 g/mol. The Kier molecular flexibility index (Phi) is 5.13. The van der Waals surface area contributed by atoms with E-state index in [1.165, 1.54) is 0 Å². The number of unbranched alkanes of at least 4 members (excludes halogenated alkanes) is 1. The fourth-order valence-corrected chi connectivity index (χ4v) is 2.13. The molecule has 0 saturated carbocycles. The fraction of sp³-hybridized carbons (Fsp3) is 0.571. The molecule has 0 bridgehead atoms. The zero-order valence-electron chi connectivity index (χ0n) is 10.6. The molecule has 0 spiro atoms. The molecule has 3 heteroatoms. The van der Waals surface area contributed by atoms with Gasteiger partial charge in [-0.1, -0.05) is 32.8 Å². The Morgan fingerprint density at radius 1 is 1.47 bits per heavy atom. The average Bonchev–Trinajstić information content (AvgIpc) is 2.35. The molecule has 1 heterocycles. The third kappa shape index (κ3) is 3.55. The Morgan fingerprint density at radius 3 is 2.71 bits per heavy atom. The van der Waals surface area contributed by atoms with E-state index < -0.39 is 11.4 Å². The number of hydrogen-bond donors (Lipinski definition) is 1. The third-order valence-electron chi connectivity index (χ3n) is 3.40. The number of carboxylic acid groups (broad SMARTS) is 1. The summed E-state index contributed by atoms with van der Waals surface area (Å²) in [4.78, 5) is 15.6. The summed E-state index contributed by atoms with van der Waals surface area (Å²) in [5.74, 6) is -0.683. The molecular weight excluding hydrogens is 214 g/mol. The largest absolute Gasteiger partial charge is 0.481 e. The molecule has 0 saturated heterocycles. The maximum absolute atomic E-state index is 11.5. The minimum Gasteiger partial charge on any atom is -0.481 e. The minimum absolute atomic E-state index is 0.576. The van der Waals surface area contributed by atoms with Crippen molar-refractivity contribution in [3.8, 4) is 0 Å². The maximum atomic E-state index is 11.5. The number of nitrogens with zero attached hydrogens (tertiary/aromatic N) is 1. The first-order valence-corrected chi connectivity index (χ1v) is 6.27. The molecule has 1 aromatic rings. The van der Waals surface area contributed by atoms with Crippen molar-refractivity contribution in [3.05, 3.63) is 30.1 Å². The summed E-state index contributed by atoms with van der Waals surface area (Å²) < 4.78 is 0. The van der Waals surface area contributed by atoms with Gasteiger partial charge in [-0.2, -0.15) is 0 Å². The van der Waals surface area contributed by atoms with Crippen LogP contribution < -0.4 is 0 Å². The second-order valence-corrected chi connectivity index (χ2v) is 4.58. The summed E-state index contributed by atoms with van der Waals surface area (Å²) >= 11 is 0. The van der Waals surface area contributed by atoms with E-state index in [1.54, 1.807) is 12.4 Å². The van der Waals surface area contributed by atoms with Gasteiger partial charge in [0.05, 0.1) is 5.41 Å². The lowest BCUT2D eigenvalue weighted by Gasteiger charge is -2.28. The maximum Gasteiger partial charge on any atom is 0.309 e. The molecule has 0 amide bonds. The number of pyridine rings is 1. The summed E-state index contributed by atoms with van der Waals surface area (Å²) in [6, 6.07) is 3.81. The van der Waals surface area contributed by atoms with Gasteiger partial charge in [0.15, 0.2) is 0 Å². The molecule has 0 aromatic carbocycles. The molecular formula is C14H21NO2. The smallest absolute Gasteiger partial charge is 0.309 e. The van der Waals surface area contributed by atoms with E-state index in [1.807, 2.05) is 19.1 Å². The lowest BCUT2D eigenvalue weighted by molar-refractivity contribution is -0.149. The minimum atomic E-state index is -0.683. The number of hydrogen-bond acceptors (Lipinski definition) is 2. The van der Waals surface area contributed by atoms with Crippen LogP contribution in [0.3, 0.4) is 0 Å². The van der Waals surface area contributed by atoms with Gasteiger partial charge in [-0.15, -0.1) is 0 Å². The topological polar surface area (TPSA) is 50.2 Å². The van der Waals surface area contributed by atoms with Crippen molar-refractivity contribution < 1.29 is 9.90 Å². The second-order valence-electron chi connectivity index (χ2n) is 4.58. The lowest BCUT2D eigenvalue weighted by atomic mass is 9.75. The Hall–Kier alpha value is -1.38. The third-order valence-corrected chi connectivity index (χ3v) is 3.40. The van der Waals surface area contributed by atoms with Crippen LogP contribution in [0.25, 0.3) is 0 Å². The van der Waals surface area contributed by atoms with Crippen molar-refractivity contribution in [2.24, 2.45) is 5.41 Å². The van der Waals surface area contributed by atoms with Gasteiger partial charge in [0, 0.05) is 12.4 Å². The van der Waals surface area contributed by atoms with Crippen molar-refractivity contribution >= 4 is 5.97 Å². The van der Waals surface area contributed by atoms with Gasteiger partial charge < -0.3 is 5.11 Å². The highest BCUT2D eigenvalue weighted by molar-refractivity contribution is 5.75. The van der Waals surface area contributed by atoms with Gasteiger partial charge in [-0.25, -0.2) is 0 Å². The van der Waals surface area contributed by atoms with Crippen LogP contribution in [0.4, 0.5) is 0 Å². The summed E-state index contributed by atoms with van der Waals surface area (Å²) in [6.07, 6.45) is 7.44. The van der Waals surface area contributed by atoms with E-state index in [0.29, 0.717) is 12.8 Å². The van der Waals surface area contributed by atoms with Gasteiger partial charge >= 0.3 is 5.97 Å². The number of aromatic nitrogens is 1. The van der Waals surface area contributed by atoms with Crippen LogP contribution in [-0.2, 0) is 11.2 Å². The Labute approximate surface area is 103 Å². The Bertz CT molecular complexity index is 350. The van der Waals surface area contributed by atoms with Crippen molar-refractivity contribution in [3.63, 3.8) is 0 Å². The van der Waals surface area contributed by atoms with E-state index in [0.717, 1.165) is 24.8 Å². The Balaban J connectivity index is 2.86. The number of carboxylic acids is 1. The van der Waals surface area contributed by atoms with Crippen LogP contribution in [-0.4, -0.2) is 16.1 Å². The summed E-state index contributed by atoms with van der Waals surface area (Å²) in [5.41, 5.74) is 0.381. The Morgan fingerprint density at radius 2 is 2.24 bits per heavy atom. The molecule has 1 unspecified atom stereocenters. The molecule has 3 nitrogen and oxygen atoms in total. The van der Waals surface area contributed by atoms with Crippen molar-refractivity contribution in [2.75, 3.05) is 0 Å². The summed E-state index contributed by atoms with van der Waals surface area (Å²) in [6.45, 7) is 4.05. The van der Waals surface area contributed by atoms with Crippen LogP contribution >= 0.6 is 0 Å². The monoisotopic (exact) mass is 235 g/mol. The van der Waals surface area contributed by atoms with Crippen LogP contribution in [0.15, 0.2) is 24.5 Å². The molecule has 0 fully saturated rings. The quantitative estimate of drug-likeness (QED) is 0.789. The summed E-state index contributed by atoms with van der Waals surface area (Å²) in [7, 11) is 0. The molecule has 1 aromatic heterocycles. The van der Waals surface area contributed by atoms with Crippen LogP contribution in [0, 0.1) is 5.41 Å². The lowest BCUT2D eigenvalue weighted by Crippen LogP contribution is -2.32. The van der Waals surface area contributed by atoms with Gasteiger partial charge in [0.2, 0.25) is 0 Å². The van der Waals surface area contributed by atoms with Crippen LogP contribution in [0.2, 0.25) is 0 Å². The first-order valence-electron chi connectivity index (χ1n) is 6.27. The van der Waals surface area contributed by atoms with Crippen molar-refractivity contribution in [2.45, 2.75) is 46.0 Å². The van der Waals surface area contributed by atoms with Gasteiger partial charge in [-0.05, 0) is 30.9 Å². The standard InChI is InChI=1S/C14H21NO2/c1-3-5-8-14(4-2,13(16)17)10-12-7-6-9-15-11-12/h6-7,9,11H,3-5,8,10H2,1-2H3,(H,16,17). The van der Waals surface area contributed by atoms with Crippen LogP contribution in [0.5, 0.6) is 0 Å². The number of carbonyl (C=O) groups is 1. The van der Waals surface area contributed by atoms with Gasteiger partial charge in [-0.3, -0.25) is 9.78 Å². The predicted octanol–water partition coefficient (Wildman–Crippen LogP) is 3.30. The van der Waals surface area contributed by atoms with E-state index in [2.05, 4.69) is 11.9 Å². The molecule has 17 heavy (non-hydrogen) atoms. The van der Waals surface area contributed by atoms with E-state index in [4.69, 9.17) is 0 Å². The van der Waals surface area contributed by atoms with E-state index in [-0.39, 0.29) is 0 Å². The fourth-order valence-electron chi connectivity index (χ4n) is 2.13. The van der Waals surface area contributed by atoms with E-state index >= 15 is 0 Å². The summed E-state index contributed by atoms with van der Waals surface area (Å²) in [5, 5.41) is 9.49. The van der Waals surface area contributed by atoms with E-state index in [9.17, 15) is 9.90 Å². The van der Waals surface area contributed by atoms with Crippen LogP contribution in [0.1, 0.15) is 45.1 Å². The molecule has 0 aliphatic rings. The molecule has 0 radical (unpaired) electrons. The number of rotatable bonds is 7.